The third-order valence-electron chi connectivity index (χ3n) is 3.38. The largest absolute Gasteiger partial charge is 0.395 e. The number of carbonyl (C=O) groups is 1. The van der Waals surface area contributed by atoms with Crippen LogP contribution in [0, 0.1) is 0 Å². The monoisotopic (exact) mass is 244 g/mol. The molecule has 1 unspecified atom stereocenters. The first-order chi connectivity index (χ1) is 8.20. The van der Waals surface area contributed by atoms with Gasteiger partial charge in [0.15, 0.2) is 0 Å². The normalized spacial score (nSPS) is 17.9. The summed E-state index contributed by atoms with van der Waals surface area (Å²) in [7, 11) is 1.61. The molecule has 0 spiro atoms. The maximum atomic E-state index is 11.9. The number of amides is 1. The topological polar surface area (TPSA) is 61.8 Å². The van der Waals surface area contributed by atoms with Crippen LogP contribution in [0.4, 0.5) is 0 Å². The fourth-order valence-corrected chi connectivity index (χ4v) is 2.10. The first-order valence-corrected chi connectivity index (χ1v) is 6.34. The molecule has 0 aromatic rings. The molecule has 100 valence electrons. The zero-order chi connectivity index (χ0) is 12.7. The van der Waals surface area contributed by atoms with Gasteiger partial charge in [-0.1, -0.05) is 6.42 Å². The molecule has 0 aliphatic heterocycles. The van der Waals surface area contributed by atoms with Crippen molar-refractivity contribution in [2.75, 3.05) is 33.4 Å². The Bertz CT molecular complexity index is 232. The molecule has 0 bridgehead atoms. The Morgan fingerprint density at radius 3 is 2.76 bits per heavy atom. The van der Waals surface area contributed by atoms with E-state index in [4.69, 9.17) is 9.84 Å². The van der Waals surface area contributed by atoms with Gasteiger partial charge in [-0.25, -0.2) is 0 Å². The van der Waals surface area contributed by atoms with Crippen molar-refractivity contribution in [3.63, 3.8) is 0 Å². The van der Waals surface area contributed by atoms with Crippen LogP contribution in [0.1, 0.15) is 26.2 Å². The minimum Gasteiger partial charge on any atom is -0.395 e. The number of aliphatic hydroxyl groups excluding tert-OH is 1. The van der Waals surface area contributed by atoms with Gasteiger partial charge in [0.05, 0.1) is 19.3 Å². The van der Waals surface area contributed by atoms with Crippen molar-refractivity contribution in [3.05, 3.63) is 0 Å². The Morgan fingerprint density at radius 2 is 2.29 bits per heavy atom. The lowest BCUT2D eigenvalue weighted by molar-refractivity contribution is -0.128. The van der Waals surface area contributed by atoms with Gasteiger partial charge in [0.1, 0.15) is 0 Å². The van der Waals surface area contributed by atoms with Crippen LogP contribution in [0.2, 0.25) is 0 Å². The number of ether oxygens (including phenoxy) is 1. The third-order valence-corrected chi connectivity index (χ3v) is 3.38. The molecule has 1 aliphatic rings. The summed E-state index contributed by atoms with van der Waals surface area (Å²) in [5, 5.41) is 11.9. The molecule has 5 heteroatoms. The summed E-state index contributed by atoms with van der Waals surface area (Å²) in [4.78, 5) is 14.0. The Morgan fingerprint density at radius 1 is 1.59 bits per heavy atom. The molecule has 1 amide bonds. The highest BCUT2D eigenvalue weighted by Gasteiger charge is 2.31. The summed E-state index contributed by atoms with van der Waals surface area (Å²) < 4.78 is 4.89. The number of carbonyl (C=O) groups excluding carboxylic acids is 1. The molecule has 0 radical (unpaired) electrons. The third kappa shape index (κ3) is 4.26. The second kappa shape index (κ2) is 7.63. The van der Waals surface area contributed by atoms with E-state index in [1.54, 1.807) is 7.11 Å². The van der Waals surface area contributed by atoms with Crippen molar-refractivity contribution < 1.29 is 14.6 Å². The van der Waals surface area contributed by atoms with Gasteiger partial charge in [-0.05, 0) is 19.8 Å². The highest BCUT2D eigenvalue weighted by molar-refractivity contribution is 5.81. The van der Waals surface area contributed by atoms with Crippen molar-refractivity contribution in [2.24, 2.45) is 0 Å². The van der Waals surface area contributed by atoms with E-state index in [9.17, 15) is 4.79 Å². The Kier molecular flexibility index (Phi) is 6.47. The number of nitrogens with zero attached hydrogens (tertiary/aromatic N) is 1. The van der Waals surface area contributed by atoms with Gasteiger partial charge in [0.25, 0.3) is 0 Å². The second-order valence-corrected chi connectivity index (χ2v) is 4.51. The molecular formula is C12H24N2O3. The van der Waals surface area contributed by atoms with E-state index in [1.807, 2.05) is 6.92 Å². The SMILES string of the molecule is COCCNC(=O)C(C)N(CCO)C1CCC1. The van der Waals surface area contributed by atoms with Gasteiger partial charge in [-0.15, -0.1) is 0 Å². The van der Waals surface area contributed by atoms with Crippen molar-refractivity contribution in [2.45, 2.75) is 38.3 Å². The van der Waals surface area contributed by atoms with E-state index in [2.05, 4.69) is 10.2 Å². The van der Waals surface area contributed by atoms with E-state index in [1.165, 1.54) is 6.42 Å². The van der Waals surface area contributed by atoms with E-state index in [0.29, 0.717) is 25.7 Å². The van der Waals surface area contributed by atoms with Crippen LogP contribution in [-0.4, -0.2) is 61.4 Å². The van der Waals surface area contributed by atoms with Crippen molar-refractivity contribution in [3.8, 4) is 0 Å². The van der Waals surface area contributed by atoms with Crippen LogP contribution in [0.25, 0.3) is 0 Å². The van der Waals surface area contributed by atoms with Crippen LogP contribution in [0.5, 0.6) is 0 Å². The number of hydrogen-bond donors (Lipinski definition) is 2. The highest BCUT2D eigenvalue weighted by atomic mass is 16.5. The maximum Gasteiger partial charge on any atom is 0.237 e. The van der Waals surface area contributed by atoms with Gasteiger partial charge >= 0.3 is 0 Å². The minimum absolute atomic E-state index is 0.0161. The van der Waals surface area contributed by atoms with Gasteiger partial charge < -0.3 is 15.2 Å². The lowest BCUT2D eigenvalue weighted by atomic mass is 9.90. The molecule has 0 aromatic carbocycles. The number of aliphatic hydroxyl groups is 1. The molecule has 2 N–H and O–H groups in total. The van der Waals surface area contributed by atoms with Gasteiger partial charge in [-0.2, -0.15) is 0 Å². The average Bonchev–Trinajstić information content (AvgIpc) is 2.25. The van der Waals surface area contributed by atoms with Gasteiger partial charge in [-0.3, -0.25) is 9.69 Å². The lowest BCUT2D eigenvalue weighted by Crippen LogP contribution is -2.53. The number of methoxy groups -OCH3 is 1. The van der Waals surface area contributed by atoms with Crippen LogP contribution < -0.4 is 5.32 Å². The van der Waals surface area contributed by atoms with Crippen LogP contribution in [-0.2, 0) is 9.53 Å². The lowest BCUT2D eigenvalue weighted by Gasteiger charge is -2.40. The number of rotatable bonds is 8. The molecule has 0 aromatic heterocycles. The summed E-state index contributed by atoms with van der Waals surface area (Å²) in [6.07, 6.45) is 3.50. The van der Waals surface area contributed by atoms with Crippen molar-refractivity contribution >= 4 is 5.91 Å². The fourth-order valence-electron chi connectivity index (χ4n) is 2.10. The molecule has 1 saturated carbocycles. The minimum atomic E-state index is -0.177. The first-order valence-electron chi connectivity index (χ1n) is 6.34. The van der Waals surface area contributed by atoms with Crippen molar-refractivity contribution in [1.82, 2.24) is 10.2 Å². The summed E-state index contributed by atoms with van der Waals surface area (Å²) in [5.41, 5.74) is 0. The van der Waals surface area contributed by atoms with E-state index in [-0.39, 0.29) is 18.6 Å². The summed E-state index contributed by atoms with van der Waals surface area (Å²) in [6.45, 7) is 3.64. The van der Waals surface area contributed by atoms with Crippen LogP contribution >= 0.6 is 0 Å². The fraction of sp³-hybridized carbons (Fsp3) is 0.917. The summed E-state index contributed by atoms with van der Waals surface area (Å²) >= 11 is 0. The quantitative estimate of drug-likeness (QED) is 0.589. The zero-order valence-electron chi connectivity index (χ0n) is 10.8. The second-order valence-electron chi connectivity index (χ2n) is 4.51. The average molecular weight is 244 g/mol. The van der Waals surface area contributed by atoms with Gasteiger partial charge in [0, 0.05) is 26.2 Å². The van der Waals surface area contributed by atoms with E-state index >= 15 is 0 Å². The summed E-state index contributed by atoms with van der Waals surface area (Å²) in [5.74, 6) is 0.0161. The van der Waals surface area contributed by atoms with E-state index in [0.717, 1.165) is 12.8 Å². The Balaban J connectivity index is 2.39. The van der Waals surface area contributed by atoms with E-state index < -0.39 is 0 Å². The highest BCUT2D eigenvalue weighted by Crippen LogP contribution is 2.26. The molecule has 1 aliphatic carbocycles. The molecule has 1 fully saturated rings. The van der Waals surface area contributed by atoms with Crippen LogP contribution in [0.15, 0.2) is 0 Å². The maximum absolute atomic E-state index is 11.9. The molecule has 0 saturated heterocycles. The Labute approximate surface area is 103 Å². The standard InChI is InChI=1S/C12H24N2O3/c1-10(12(16)13-6-9-17-2)14(7-8-15)11-4-3-5-11/h10-11,15H,3-9H2,1-2H3,(H,13,16). The van der Waals surface area contributed by atoms with Gasteiger partial charge in [0.2, 0.25) is 5.91 Å². The van der Waals surface area contributed by atoms with Crippen LogP contribution in [0.3, 0.4) is 0 Å². The molecule has 1 atom stereocenters. The first kappa shape index (κ1) is 14.4. The molecule has 5 nitrogen and oxygen atoms in total. The number of hydrogen-bond acceptors (Lipinski definition) is 4. The molecule has 0 heterocycles. The molecular weight excluding hydrogens is 220 g/mol. The van der Waals surface area contributed by atoms with Crippen molar-refractivity contribution in [1.29, 1.82) is 0 Å². The number of nitrogens with one attached hydrogen (secondary N) is 1. The molecule has 17 heavy (non-hydrogen) atoms. The zero-order valence-corrected chi connectivity index (χ0v) is 10.8. The smallest absolute Gasteiger partial charge is 0.237 e. The molecule has 1 rings (SSSR count). The predicted molar refractivity (Wildman–Crippen MR) is 65.8 cm³/mol. The summed E-state index contributed by atoms with van der Waals surface area (Å²) in [6, 6.07) is 0.287. The predicted octanol–water partition coefficient (Wildman–Crippen LogP) is -0.0157. The Hall–Kier alpha value is -0.650.